The predicted molar refractivity (Wildman–Crippen MR) is 97.2 cm³/mol. The van der Waals surface area contributed by atoms with Crippen molar-refractivity contribution in [3.63, 3.8) is 0 Å². The number of rotatable bonds is 2. The molecule has 25 heavy (non-hydrogen) atoms. The number of nitrogens with zero attached hydrogens (tertiary/aromatic N) is 4. The molecule has 0 radical (unpaired) electrons. The van der Waals surface area contributed by atoms with E-state index >= 15 is 0 Å². The molecule has 126 valence electrons. The number of aliphatic hydroxyl groups excluding tert-OH is 1. The minimum atomic E-state index is -0.590. The van der Waals surface area contributed by atoms with Crippen LogP contribution in [0.2, 0.25) is 0 Å². The lowest BCUT2D eigenvalue weighted by molar-refractivity contribution is -0.0254. The van der Waals surface area contributed by atoms with Crippen LogP contribution in [0.15, 0.2) is 23.7 Å². The van der Waals surface area contributed by atoms with Gasteiger partial charge >= 0.3 is 0 Å². The van der Waals surface area contributed by atoms with E-state index in [1.807, 2.05) is 30.6 Å². The van der Waals surface area contributed by atoms with Crippen LogP contribution in [0, 0.1) is 18.3 Å². The second kappa shape index (κ2) is 5.40. The van der Waals surface area contributed by atoms with E-state index in [0.717, 1.165) is 45.8 Å². The first kappa shape index (κ1) is 15.1. The van der Waals surface area contributed by atoms with Gasteiger partial charge in [-0.05, 0) is 43.0 Å². The van der Waals surface area contributed by atoms with Crippen LogP contribution in [-0.2, 0) is 6.54 Å². The van der Waals surface area contributed by atoms with Crippen LogP contribution in [0.4, 0.5) is 0 Å². The Bertz CT molecular complexity index is 1020. The monoisotopic (exact) mass is 350 g/mol. The van der Waals surface area contributed by atoms with Crippen LogP contribution >= 0.6 is 11.3 Å². The van der Waals surface area contributed by atoms with Gasteiger partial charge in [-0.3, -0.25) is 4.90 Å². The van der Waals surface area contributed by atoms with Gasteiger partial charge < -0.3 is 9.67 Å². The summed E-state index contributed by atoms with van der Waals surface area (Å²) in [6.45, 7) is 3.79. The van der Waals surface area contributed by atoms with E-state index < -0.39 is 6.23 Å². The Morgan fingerprint density at radius 3 is 2.88 bits per heavy atom. The van der Waals surface area contributed by atoms with Crippen molar-refractivity contribution in [3.8, 4) is 17.2 Å². The maximum Gasteiger partial charge on any atom is 0.149 e. The molecule has 6 heteroatoms. The van der Waals surface area contributed by atoms with E-state index in [-0.39, 0.29) is 0 Å². The molecule has 2 aromatic heterocycles. The molecule has 1 unspecified atom stereocenters. The van der Waals surface area contributed by atoms with Gasteiger partial charge in [0.25, 0.3) is 0 Å². The summed E-state index contributed by atoms with van der Waals surface area (Å²) in [5.74, 6) is 0. The molecule has 3 heterocycles. The van der Waals surface area contributed by atoms with Crippen molar-refractivity contribution in [2.75, 3.05) is 6.54 Å². The minimum absolute atomic E-state index is 0.513. The number of nitriles is 1. The minimum Gasteiger partial charge on any atom is -0.372 e. The first-order valence-electron chi connectivity index (χ1n) is 8.59. The molecule has 5 nitrogen and oxygen atoms in total. The number of thiazole rings is 1. The topological polar surface area (TPSA) is 65.1 Å². The zero-order valence-electron chi connectivity index (χ0n) is 13.9. The fraction of sp³-hybridized carbons (Fsp3) is 0.368. The first-order chi connectivity index (χ1) is 12.2. The third-order valence-electron chi connectivity index (χ3n) is 5.36. The van der Waals surface area contributed by atoms with E-state index in [9.17, 15) is 5.11 Å². The average molecular weight is 350 g/mol. The molecule has 1 N–H and O–H groups in total. The lowest BCUT2D eigenvalue weighted by Crippen LogP contribution is -2.39. The number of fused-ring (bicyclic) bond motifs is 3. The summed E-state index contributed by atoms with van der Waals surface area (Å²) in [6.07, 6.45) is 1.76. The molecule has 0 saturated heterocycles. The maximum atomic E-state index is 11.1. The summed E-state index contributed by atoms with van der Waals surface area (Å²) in [4.78, 5) is 7.96. The van der Waals surface area contributed by atoms with Gasteiger partial charge in [0.05, 0.1) is 22.8 Å². The molecule has 1 aliphatic carbocycles. The molecule has 5 rings (SSSR count). The fourth-order valence-corrected chi connectivity index (χ4v) is 4.86. The normalized spacial score (nSPS) is 20.6. The van der Waals surface area contributed by atoms with E-state index in [0.29, 0.717) is 11.6 Å². The van der Waals surface area contributed by atoms with Crippen molar-refractivity contribution in [2.24, 2.45) is 0 Å². The predicted octanol–water partition coefficient (Wildman–Crippen LogP) is 3.41. The van der Waals surface area contributed by atoms with Gasteiger partial charge in [0.2, 0.25) is 0 Å². The fourth-order valence-electron chi connectivity index (χ4n) is 4.02. The highest BCUT2D eigenvalue weighted by Gasteiger charge is 2.40. The van der Waals surface area contributed by atoms with Gasteiger partial charge in [0.1, 0.15) is 16.6 Å². The molecule has 0 spiro atoms. The molecule has 0 bridgehead atoms. The number of hydrogen-bond donors (Lipinski definition) is 1. The van der Waals surface area contributed by atoms with Crippen LogP contribution in [0.3, 0.4) is 0 Å². The summed E-state index contributed by atoms with van der Waals surface area (Å²) in [6, 6.07) is 8.46. The Balaban J connectivity index is 1.76. The first-order valence-corrected chi connectivity index (χ1v) is 9.47. The SMILES string of the molecule is Cc1cc(C#N)ccc1-c1c2n(c3scnc13)CCN(C1CC1)C2O. The highest BCUT2D eigenvalue weighted by atomic mass is 32.1. The molecular weight excluding hydrogens is 332 g/mol. The highest BCUT2D eigenvalue weighted by molar-refractivity contribution is 7.16. The third-order valence-corrected chi connectivity index (χ3v) is 6.21. The van der Waals surface area contributed by atoms with Crippen LogP contribution in [0.1, 0.15) is 35.9 Å². The largest absolute Gasteiger partial charge is 0.372 e. The van der Waals surface area contributed by atoms with Gasteiger partial charge in [-0.2, -0.15) is 5.26 Å². The highest BCUT2D eigenvalue weighted by Crippen LogP contribution is 2.45. The number of aliphatic hydroxyl groups is 1. The van der Waals surface area contributed by atoms with Gasteiger partial charge in [-0.1, -0.05) is 6.07 Å². The van der Waals surface area contributed by atoms with E-state index in [4.69, 9.17) is 5.26 Å². The van der Waals surface area contributed by atoms with Crippen LogP contribution in [0.5, 0.6) is 0 Å². The summed E-state index contributed by atoms with van der Waals surface area (Å²) in [5.41, 5.74) is 7.57. The van der Waals surface area contributed by atoms with Crippen molar-refractivity contribution in [1.82, 2.24) is 14.5 Å². The molecule has 3 aromatic rings. The standard InChI is InChI=1S/C19H18N4OS/c1-11-8-12(9-20)2-5-14(11)15-16-19(25-10-21-16)23-7-6-22(13-3-4-13)18(24)17(15)23/h2,5,8,10,13,18,24H,3-4,6-7H2,1H3. The Morgan fingerprint density at radius 1 is 1.32 bits per heavy atom. The second-order valence-electron chi connectivity index (χ2n) is 6.90. The summed E-state index contributed by atoms with van der Waals surface area (Å²) in [7, 11) is 0. The average Bonchev–Trinajstić information content (AvgIpc) is 3.25. The van der Waals surface area contributed by atoms with Crippen molar-refractivity contribution in [3.05, 3.63) is 40.5 Å². The Hall–Kier alpha value is -2.20. The van der Waals surface area contributed by atoms with E-state index in [1.165, 1.54) is 12.8 Å². The maximum absolute atomic E-state index is 11.1. The van der Waals surface area contributed by atoms with Crippen LogP contribution < -0.4 is 0 Å². The summed E-state index contributed by atoms with van der Waals surface area (Å²) in [5, 5.41) is 20.3. The van der Waals surface area contributed by atoms with Gasteiger partial charge in [-0.15, -0.1) is 11.3 Å². The van der Waals surface area contributed by atoms with E-state index in [1.54, 1.807) is 11.3 Å². The number of aryl methyl sites for hydroxylation is 1. The Kier molecular flexibility index (Phi) is 3.26. The molecule has 1 atom stereocenters. The van der Waals surface area contributed by atoms with Crippen molar-refractivity contribution in [1.29, 1.82) is 5.26 Å². The summed E-state index contributed by atoms with van der Waals surface area (Å²) >= 11 is 1.63. The number of aromatic nitrogens is 2. The quantitative estimate of drug-likeness (QED) is 0.769. The van der Waals surface area contributed by atoms with Crippen molar-refractivity contribution in [2.45, 2.75) is 38.6 Å². The van der Waals surface area contributed by atoms with E-state index in [2.05, 4.69) is 20.5 Å². The van der Waals surface area contributed by atoms with Gasteiger partial charge in [0, 0.05) is 24.7 Å². The molecule has 1 aliphatic heterocycles. The molecule has 2 aliphatic rings. The number of benzene rings is 1. The second-order valence-corrected chi connectivity index (χ2v) is 7.74. The molecule has 0 amide bonds. The Labute approximate surface area is 149 Å². The lowest BCUT2D eigenvalue weighted by Gasteiger charge is -2.34. The molecular formula is C19H18N4OS. The third kappa shape index (κ3) is 2.17. The Morgan fingerprint density at radius 2 is 2.16 bits per heavy atom. The van der Waals surface area contributed by atoms with Crippen molar-refractivity contribution >= 4 is 21.7 Å². The van der Waals surface area contributed by atoms with Crippen LogP contribution in [0.25, 0.3) is 21.5 Å². The molecule has 1 aromatic carbocycles. The molecule has 1 saturated carbocycles. The number of hydrogen-bond acceptors (Lipinski definition) is 5. The zero-order valence-corrected chi connectivity index (χ0v) is 14.8. The van der Waals surface area contributed by atoms with Crippen LogP contribution in [-0.4, -0.2) is 32.1 Å². The van der Waals surface area contributed by atoms with Gasteiger partial charge in [-0.25, -0.2) is 4.98 Å². The molecule has 1 fully saturated rings. The summed E-state index contributed by atoms with van der Waals surface area (Å²) < 4.78 is 2.24. The zero-order chi connectivity index (χ0) is 17.1. The van der Waals surface area contributed by atoms with Crippen molar-refractivity contribution < 1.29 is 5.11 Å². The smallest absolute Gasteiger partial charge is 0.149 e. The lowest BCUT2D eigenvalue weighted by atomic mass is 9.97. The van der Waals surface area contributed by atoms with Gasteiger partial charge in [0.15, 0.2) is 0 Å².